The second-order valence-corrected chi connectivity index (χ2v) is 11.4. The molecule has 0 amide bonds. The van der Waals surface area contributed by atoms with Crippen molar-refractivity contribution in [1.29, 1.82) is 0 Å². The summed E-state index contributed by atoms with van der Waals surface area (Å²) in [5.74, 6) is -0.962. The topological polar surface area (TPSA) is 44.0 Å². The van der Waals surface area contributed by atoms with Crippen LogP contribution >= 0.6 is 23.2 Å². The Morgan fingerprint density at radius 1 is 0.658 bits per heavy atom. The Morgan fingerprint density at radius 3 is 1.34 bits per heavy atom. The van der Waals surface area contributed by atoms with Crippen LogP contribution in [0, 0.1) is 0 Å². The van der Waals surface area contributed by atoms with E-state index in [4.69, 9.17) is 23.2 Å². The molecule has 38 heavy (non-hydrogen) atoms. The van der Waals surface area contributed by atoms with Gasteiger partial charge in [0.1, 0.15) is 10.1 Å². The van der Waals surface area contributed by atoms with Crippen molar-refractivity contribution in [2.75, 3.05) is 0 Å². The highest BCUT2D eigenvalue weighted by Gasteiger charge is 2.38. The van der Waals surface area contributed by atoms with E-state index in [0.29, 0.717) is 11.1 Å². The minimum Gasteiger partial charge on any atom is -0.338 e. The third-order valence-corrected chi connectivity index (χ3v) is 8.22. The highest BCUT2D eigenvalue weighted by atomic mass is 35.5. The lowest BCUT2D eigenvalue weighted by atomic mass is 9.88. The van der Waals surface area contributed by atoms with Crippen LogP contribution in [0.15, 0.2) is 96.3 Å². The molecule has 0 atom stereocenters. The summed E-state index contributed by atoms with van der Waals surface area (Å²) in [7, 11) is 0. The Labute approximate surface area is 232 Å². The van der Waals surface area contributed by atoms with Crippen LogP contribution in [-0.2, 0) is 20.7 Å². The van der Waals surface area contributed by atoms with Crippen LogP contribution in [-0.4, -0.2) is 20.7 Å². The first-order chi connectivity index (χ1) is 17.9. The molecule has 1 aliphatic rings. The highest BCUT2D eigenvalue weighted by molar-refractivity contribution is 6.68. The second-order valence-electron chi connectivity index (χ2n) is 10.6. The minimum atomic E-state index is -0.481. The van der Waals surface area contributed by atoms with E-state index in [-0.39, 0.29) is 21.2 Å². The molecule has 6 heteroatoms. The number of carbonyl (C=O) groups excluding carboxylic acids is 2. The van der Waals surface area contributed by atoms with Crippen LogP contribution in [0.4, 0.5) is 0 Å². The van der Waals surface area contributed by atoms with Gasteiger partial charge in [0.15, 0.2) is 0 Å². The number of aromatic nitrogens is 2. The zero-order valence-corrected chi connectivity index (χ0v) is 23.3. The van der Waals surface area contributed by atoms with E-state index in [1.54, 1.807) is 0 Å². The van der Waals surface area contributed by atoms with Crippen LogP contribution < -0.4 is 0 Å². The first-order valence-electron chi connectivity index (χ1n) is 12.3. The van der Waals surface area contributed by atoms with Gasteiger partial charge in [-0.15, -0.1) is 13.2 Å². The number of nitrogens with zero attached hydrogens (tertiary/aromatic N) is 2. The summed E-state index contributed by atoms with van der Waals surface area (Å²) in [6.07, 6.45) is 7.36. The van der Waals surface area contributed by atoms with Crippen molar-refractivity contribution < 1.29 is 9.59 Å². The Hall–Kier alpha value is -3.60. The lowest BCUT2D eigenvalue weighted by molar-refractivity contribution is -0.113. The van der Waals surface area contributed by atoms with Gasteiger partial charge in [-0.3, -0.25) is 9.59 Å². The molecule has 2 aromatic carbocycles. The summed E-state index contributed by atoms with van der Waals surface area (Å²) in [5, 5.41) is 1.31. The van der Waals surface area contributed by atoms with Crippen LogP contribution in [0.1, 0.15) is 38.8 Å². The third kappa shape index (κ3) is 3.74. The zero-order chi connectivity index (χ0) is 27.6. The number of Topliss-reactive ketones (excluding diaryl/α,β-unsaturated/α-hetero) is 2. The molecule has 0 aliphatic heterocycles. The molecule has 0 spiro atoms. The predicted molar refractivity (Wildman–Crippen MR) is 158 cm³/mol. The number of halogens is 2. The SMILES string of the molecule is C=CC(C)(C)n1cc(C2=C(Cl)C(=O)C(c3cn(C(C)(C)C=C)c4ccccc34)=C(Cl)C2=O)c2ccccc21. The molecule has 2 heterocycles. The van der Waals surface area contributed by atoms with Gasteiger partial charge in [-0.05, 0) is 39.8 Å². The van der Waals surface area contributed by atoms with Crippen molar-refractivity contribution in [2.45, 2.75) is 38.8 Å². The van der Waals surface area contributed by atoms with Crippen molar-refractivity contribution in [3.05, 3.63) is 107 Å². The molecule has 0 saturated carbocycles. The van der Waals surface area contributed by atoms with Crippen molar-refractivity contribution in [3.8, 4) is 0 Å². The third-order valence-electron chi connectivity index (χ3n) is 7.50. The van der Waals surface area contributed by atoms with Gasteiger partial charge in [0.05, 0.1) is 22.2 Å². The Bertz CT molecular complexity index is 1630. The largest absolute Gasteiger partial charge is 0.338 e. The van der Waals surface area contributed by atoms with Gasteiger partial charge < -0.3 is 9.13 Å². The Balaban J connectivity index is 1.74. The normalized spacial score (nSPS) is 15.2. The predicted octanol–water partition coefficient (Wildman–Crippen LogP) is 8.19. The van der Waals surface area contributed by atoms with Gasteiger partial charge in [0, 0.05) is 45.3 Å². The number of rotatable bonds is 6. The summed E-state index contributed by atoms with van der Waals surface area (Å²) in [6.45, 7) is 16.0. The minimum absolute atomic E-state index is 0.107. The number of carbonyl (C=O) groups is 2. The van der Waals surface area contributed by atoms with E-state index in [2.05, 4.69) is 13.2 Å². The van der Waals surface area contributed by atoms with Crippen molar-refractivity contribution in [2.24, 2.45) is 0 Å². The number of fused-ring (bicyclic) bond motifs is 2. The van der Waals surface area contributed by atoms with Gasteiger partial charge in [0.25, 0.3) is 0 Å². The summed E-state index contributed by atoms with van der Waals surface area (Å²) in [4.78, 5) is 27.8. The number of hydrogen-bond acceptors (Lipinski definition) is 2. The maximum absolute atomic E-state index is 13.9. The monoisotopic (exact) mass is 542 g/mol. The van der Waals surface area contributed by atoms with E-state index >= 15 is 0 Å². The molecule has 0 radical (unpaired) electrons. The zero-order valence-electron chi connectivity index (χ0n) is 21.8. The molecule has 0 saturated heterocycles. The van der Waals surface area contributed by atoms with E-state index in [1.165, 1.54) is 0 Å². The summed E-state index contributed by atoms with van der Waals surface area (Å²) in [6, 6.07) is 15.4. The van der Waals surface area contributed by atoms with Crippen molar-refractivity contribution >= 4 is 67.7 Å². The standard InChI is InChI=1S/C32H28Cl2N2O2/c1-7-31(3,4)35-17-21(19-13-9-11-15-23(19)35)25-27(33)30(38)26(28(34)29(25)37)22-18-36(32(5,6)8-2)24-16-12-10-14-20(22)24/h7-18H,1-2H2,3-6H3. The van der Waals surface area contributed by atoms with Crippen LogP contribution in [0.2, 0.25) is 0 Å². The molecular formula is C32H28Cl2N2O2. The number of benzene rings is 2. The fraction of sp³-hybridized carbons (Fsp3) is 0.188. The van der Waals surface area contributed by atoms with Crippen molar-refractivity contribution in [1.82, 2.24) is 9.13 Å². The summed E-state index contributed by atoms with van der Waals surface area (Å²) < 4.78 is 4.05. The lowest BCUT2D eigenvalue weighted by Crippen LogP contribution is -2.22. The summed E-state index contributed by atoms with van der Waals surface area (Å²) >= 11 is 13.5. The average molecular weight is 543 g/mol. The Morgan fingerprint density at radius 2 is 1.00 bits per heavy atom. The summed E-state index contributed by atoms with van der Waals surface area (Å²) in [5.41, 5.74) is 2.23. The van der Waals surface area contributed by atoms with E-state index in [0.717, 1.165) is 21.8 Å². The fourth-order valence-electron chi connectivity index (χ4n) is 5.04. The van der Waals surface area contributed by atoms with Crippen LogP contribution in [0.25, 0.3) is 33.0 Å². The number of hydrogen-bond donors (Lipinski definition) is 0. The van der Waals surface area contributed by atoms with Gasteiger partial charge in [0.2, 0.25) is 11.6 Å². The molecular weight excluding hydrogens is 515 g/mol. The van der Waals surface area contributed by atoms with E-state index < -0.39 is 22.6 Å². The fourth-order valence-corrected chi connectivity index (χ4v) is 5.60. The van der Waals surface area contributed by atoms with Gasteiger partial charge in [-0.2, -0.15) is 0 Å². The van der Waals surface area contributed by atoms with Crippen LogP contribution in [0.3, 0.4) is 0 Å². The average Bonchev–Trinajstić information content (AvgIpc) is 3.49. The maximum Gasteiger partial charge on any atom is 0.207 e. The van der Waals surface area contributed by atoms with Gasteiger partial charge in [-0.25, -0.2) is 0 Å². The molecule has 0 fully saturated rings. The molecule has 4 nitrogen and oxygen atoms in total. The molecule has 1 aliphatic carbocycles. The molecule has 192 valence electrons. The molecule has 0 unspecified atom stereocenters. The first-order valence-corrected chi connectivity index (χ1v) is 13.1. The molecule has 0 bridgehead atoms. The maximum atomic E-state index is 13.9. The van der Waals surface area contributed by atoms with Crippen molar-refractivity contribution in [3.63, 3.8) is 0 Å². The Kier molecular flexibility index (Phi) is 6.17. The molecule has 0 N–H and O–H groups in total. The first kappa shape index (κ1) is 26.0. The van der Waals surface area contributed by atoms with Gasteiger partial charge in [-0.1, -0.05) is 71.8 Å². The smallest absolute Gasteiger partial charge is 0.207 e. The molecule has 4 aromatic rings. The van der Waals surface area contributed by atoms with Gasteiger partial charge >= 0.3 is 0 Å². The lowest BCUT2D eigenvalue weighted by Gasteiger charge is -2.24. The van der Waals surface area contributed by atoms with Crippen LogP contribution in [0.5, 0.6) is 0 Å². The van der Waals surface area contributed by atoms with E-state index in [1.807, 2.05) is 110 Å². The quantitative estimate of drug-likeness (QED) is 0.182. The molecule has 2 aromatic heterocycles. The highest BCUT2D eigenvalue weighted by Crippen LogP contribution is 2.44. The number of ketones is 2. The second kappa shape index (κ2) is 9.00. The molecule has 5 rings (SSSR count). The number of allylic oxidation sites excluding steroid dienone is 6. The van der Waals surface area contributed by atoms with E-state index in [9.17, 15) is 9.59 Å². The number of para-hydroxylation sites is 2.